The summed E-state index contributed by atoms with van der Waals surface area (Å²) in [6, 6.07) is 0. The summed E-state index contributed by atoms with van der Waals surface area (Å²) < 4.78 is 31.6. The molecule has 0 fully saturated rings. The SMILES string of the molecule is CNC.O=C(O)CN(CCN(CC(=O)O)CC(=O)O)CC(=O)O.O=C([O-])CC(O)(CC(=O)[O-])C(=O)[O-].O=S(=O)(O)O.[B].[Na+].[Ni+2]. The van der Waals surface area contributed by atoms with E-state index in [1.54, 1.807) is 0 Å². The number of carbonyl (C=O) groups is 7. The predicted octanol–water partition coefficient (Wildman–Crippen LogP) is -11.5. The average Bonchev–Trinajstić information content (AvgIpc) is 2.68. The molecule has 0 aromatic carbocycles. The normalized spacial score (nSPS) is 9.80. The molecule has 0 atom stereocenters. The van der Waals surface area contributed by atoms with Crippen LogP contribution in [0.1, 0.15) is 12.8 Å². The molecule has 0 aliphatic carbocycles. The monoisotopic (exact) mass is 716 g/mol. The number of nitrogens with one attached hydrogen (secondary N) is 1. The molecule has 0 aromatic heterocycles. The van der Waals surface area contributed by atoms with Gasteiger partial charge in [-0.25, -0.2) is 0 Å². The summed E-state index contributed by atoms with van der Waals surface area (Å²) in [5, 5.41) is 76.1. The predicted molar refractivity (Wildman–Crippen MR) is 128 cm³/mol. The summed E-state index contributed by atoms with van der Waals surface area (Å²) in [5.74, 6) is -10.9. The molecule has 0 rings (SSSR count). The van der Waals surface area contributed by atoms with Crippen molar-refractivity contribution in [2.45, 2.75) is 18.4 Å². The summed E-state index contributed by atoms with van der Waals surface area (Å²) >= 11 is 0. The maximum Gasteiger partial charge on any atom is 2.00 e. The van der Waals surface area contributed by atoms with Gasteiger partial charge in [0.25, 0.3) is 0 Å². The topological polar surface area (TPSA) is 383 Å². The van der Waals surface area contributed by atoms with Crippen molar-refractivity contribution in [3.8, 4) is 0 Å². The van der Waals surface area contributed by atoms with E-state index in [0.717, 1.165) is 9.80 Å². The molecule has 3 radical (unpaired) electrons. The van der Waals surface area contributed by atoms with E-state index in [1.807, 2.05) is 14.1 Å². The van der Waals surface area contributed by atoms with Crippen molar-refractivity contribution in [1.29, 1.82) is 0 Å². The third-order valence-corrected chi connectivity index (χ3v) is 3.42. The Balaban J connectivity index is -0.0000000984. The van der Waals surface area contributed by atoms with Crippen molar-refractivity contribution >= 4 is 60.6 Å². The van der Waals surface area contributed by atoms with Gasteiger partial charge in [0.1, 0.15) is 5.60 Å². The first kappa shape index (κ1) is 57.2. The van der Waals surface area contributed by atoms with Crippen LogP contribution in [0.5, 0.6) is 0 Å². The van der Waals surface area contributed by atoms with E-state index < -0.39 is 96.8 Å². The number of carbonyl (C=O) groups excluding carboxylic acids is 3. The molecule has 22 nitrogen and oxygen atoms in total. The van der Waals surface area contributed by atoms with E-state index >= 15 is 0 Å². The van der Waals surface area contributed by atoms with Crippen LogP contribution in [-0.2, 0) is 60.5 Å². The van der Waals surface area contributed by atoms with Crippen LogP contribution in [0, 0.1) is 0 Å². The van der Waals surface area contributed by atoms with Gasteiger partial charge in [-0.1, -0.05) is 0 Å². The Morgan fingerprint density at radius 1 is 0.682 bits per heavy atom. The smallest absolute Gasteiger partial charge is 0.550 e. The molecule has 0 amide bonds. The maximum atomic E-state index is 10.6. The van der Waals surface area contributed by atoms with Crippen molar-refractivity contribution in [1.82, 2.24) is 15.1 Å². The molecule has 44 heavy (non-hydrogen) atoms. The maximum absolute atomic E-state index is 10.6. The van der Waals surface area contributed by atoms with Gasteiger partial charge in [0, 0.05) is 46.3 Å². The van der Waals surface area contributed by atoms with Gasteiger partial charge in [0.15, 0.2) is 0 Å². The van der Waals surface area contributed by atoms with E-state index in [2.05, 4.69) is 5.32 Å². The molecule has 0 aliphatic rings. The third-order valence-electron chi connectivity index (χ3n) is 3.42. The van der Waals surface area contributed by atoms with E-state index in [0.29, 0.717) is 0 Å². The fourth-order valence-corrected chi connectivity index (χ4v) is 2.16. The number of nitrogens with zero attached hydrogens (tertiary/aromatic N) is 2. The van der Waals surface area contributed by atoms with Crippen molar-refractivity contribution in [2.75, 3.05) is 53.4 Å². The number of carboxylic acid groups (broad SMARTS) is 7. The molecule has 0 saturated carbocycles. The largest absolute Gasteiger partial charge is 2.00 e. The number of hydrogen-bond donors (Lipinski definition) is 8. The molecule has 8 N–H and O–H groups in total. The Morgan fingerprint density at radius 2 is 0.864 bits per heavy atom. The fraction of sp³-hybridized carbons (Fsp3) is 0.611. The van der Waals surface area contributed by atoms with Crippen molar-refractivity contribution in [2.24, 2.45) is 0 Å². The first-order valence-corrected chi connectivity index (χ1v) is 11.7. The molecule has 0 heterocycles. The van der Waals surface area contributed by atoms with E-state index in [4.69, 9.17) is 43.1 Å². The minimum Gasteiger partial charge on any atom is -0.550 e. The minimum absolute atomic E-state index is 0. The van der Waals surface area contributed by atoms with Crippen molar-refractivity contribution < 1.29 is 138 Å². The van der Waals surface area contributed by atoms with E-state index in [-0.39, 0.29) is 67.6 Å². The van der Waals surface area contributed by atoms with Crippen LogP contribution in [-0.4, -0.2) is 162 Å². The van der Waals surface area contributed by atoms with Crippen LogP contribution in [0.25, 0.3) is 0 Å². The van der Waals surface area contributed by atoms with Gasteiger partial charge in [-0.3, -0.25) is 38.1 Å². The van der Waals surface area contributed by atoms with Crippen LogP contribution >= 0.6 is 0 Å². The van der Waals surface area contributed by atoms with Crippen LogP contribution in [0.3, 0.4) is 0 Å². The Hall–Kier alpha value is -2.44. The van der Waals surface area contributed by atoms with Crippen LogP contribution in [0.4, 0.5) is 0 Å². The summed E-state index contributed by atoms with van der Waals surface area (Å²) in [7, 11) is -0.917. The second kappa shape index (κ2) is 30.6. The first-order chi connectivity index (χ1) is 18.4. The number of aliphatic hydroxyl groups is 1. The standard InChI is InChI=1S/C10H16N2O8.C6H8O7.C2H7N.B.Na.Ni.H2O4S/c13-7(14)3-11(4-8(15)16)1-2-12(5-9(17)18)6-10(19)20;7-3(8)1-6(13,5(11)12)2-4(9)10;1-3-2;;;;1-5(2,3)4/h1-6H2,(H,13,14)(H,15,16)(H,17,18)(H,19,20);13H,1-2H2,(H,7,8)(H,9,10)(H,11,12);3H,1-2H3;;;;(H2,1,2,3,4)/q;;;;+1;+2;/p-3. The fourth-order valence-electron chi connectivity index (χ4n) is 2.16. The Morgan fingerprint density at radius 3 is 0.977 bits per heavy atom. The van der Waals surface area contributed by atoms with Gasteiger partial charge >= 0.3 is 80.3 Å². The first-order valence-electron chi connectivity index (χ1n) is 10.3. The zero-order chi connectivity index (χ0) is 33.6. The second-order valence-electron chi connectivity index (χ2n) is 7.36. The molecule has 0 spiro atoms. The van der Waals surface area contributed by atoms with Crippen molar-refractivity contribution in [3.63, 3.8) is 0 Å². The summed E-state index contributed by atoms with van der Waals surface area (Å²) in [5.41, 5.74) is -2.97. The molecule has 251 valence electrons. The molecular formula is C18H30BN3NaNiO19S. The van der Waals surface area contributed by atoms with Crippen LogP contribution in [0.15, 0.2) is 0 Å². The molecule has 0 aliphatic heterocycles. The Bertz CT molecular complexity index is 912. The van der Waals surface area contributed by atoms with Crippen LogP contribution < -0.4 is 50.2 Å². The molecule has 0 bridgehead atoms. The second-order valence-corrected chi connectivity index (χ2v) is 8.26. The van der Waals surface area contributed by atoms with E-state index in [1.165, 1.54) is 0 Å². The Labute approximate surface area is 284 Å². The zero-order valence-electron chi connectivity index (χ0n) is 23.4. The van der Waals surface area contributed by atoms with Crippen LogP contribution in [0.2, 0.25) is 0 Å². The summed E-state index contributed by atoms with van der Waals surface area (Å²) in [6.07, 6.45) is -2.72. The summed E-state index contributed by atoms with van der Waals surface area (Å²) in [6.45, 7) is -2.25. The number of aliphatic carboxylic acids is 7. The number of hydrogen-bond acceptors (Lipinski definition) is 16. The molecule has 0 aromatic rings. The van der Waals surface area contributed by atoms with Gasteiger partial charge in [-0.2, -0.15) is 8.42 Å². The average molecular weight is 717 g/mol. The number of carboxylic acids is 7. The Kier molecular flexibility index (Phi) is 39.8. The minimum atomic E-state index is -4.67. The quantitative estimate of drug-likeness (QED) is 0.0542. The van der Waals surface area contributed by atoms with Crippen molar-refractivity contribution in [3.05, 3.63) is 0 Å². The molecule has 0 saturated heterocycles. The molecular weight excluding hydrogens is 687 g/mol. The zero-order valence-corrected chi connectivity index (χ0v) is 27.2. The van der Waals surface area contributed by atoms with E-state index in [9.17, 15) is 48.9 Å². The van der Waals surface area contributed by atoms with Gasteiger partial charge in [0.05, 0.1) is 32.1 Å². The van der Waals surface area contributed by atoms with Gasteiger partial charge in [-0.05, 0) is 14.1 Å². The third kappa shape index (κ3) is 49.2. The summed E-state index contributed by atoms with van der Waals surface area (Å²) in [4.78, 5) is 74.4. The molecule has 26 heteroatoms. The number of rotatable bonds is 16. The molecule has 0 unspecified atom stereocenters. The van der Waals surface area contributed by atoms with Gasteiger partial charge in [-0.15, -0.1) is 0 Å². The van der Waals surface area contributed by atoms with Gasteiger partial charge in [0.2, 0.25) is 0 Å². The van der Waals surface area contributed by atoms with Gasteiger partial charge < -0.3 is 60.6 Å².